The number of anilines is 1. The third-order valence-electron chi connectivity index (χ3n) is 4.58. The van der Waals surface area contributed by atoms with Crippen LogP contribution in [0.3, 0.4) is 0 Å². The van der Waals surface area contributed by atoms with Gasteiger partial charge in [0.2, 0.25) is 0 Å². The Morgan fingerprint density at radius 1 is 1.24 bits per heavy atom. The minimum atomic E-state index is 0.0893. The maximum Gasteiger partial charge on any atom is 0.191 e. The molecule has 0 saturated heterocycles. The van der Waals surface area contributed by atoms with Crippen molar-refractivity contribution < 1.29 is 14.3 Å². The third-order valence-corrected chi connectivity index (χ3v) is 5.43. The summed E-state index contributed by atoms with van der Waals surface area (Å²) in [6.07, 6.45) is 2.61. The normalized spacial score (nSPS) is 15.5. The SMILES string of the molecule is COc1cc2c3c(c1)OCCN3C(SC)=C(C(=O)c1ccccc1)C2. The number of Topliss-reactive ketones (excluding diaryl/α,β-unsaturated/α-hetero) is 1. The summed E-state index contributed by atoms with van der Waals surface area (Å²) in [5, 5.41) is 1.02. The van der Waals surface area contributed by atoms with Crippen molar-refractivity contribution >= 4 is 23.2 Å². The number of carbonyl (C=O) groups excluding carboxylic acids is 1. The second-order valence-electron chi connectivity index (χ2n) is 5.99. The average molecular weight is 353 g/mol. The van der Waals surface area contributed by atoms with E-state index in [-0.39, 0.29) is 5.78 Å². The molecule has 128 valence electrons. The van der Waals surface area contributed by atoms with Crippen molar-refractivity contribution in [2.24, 2.45) is 0 Å². The molecule has 0 atom stereocenters. The molecule has 2 heterocycles. The van der Waals surface area contributed by atoms with E-state index in [2.05, 4.69) is 4.90 Å². The lowest BCUT2D eigenvalue weighted by Gasteiger charge is -2.38. The number of rotatable bonds is 4. The molecule has 4 nitrogen and oxygen atoms in total. The summed E-state index contributed by atoms with van der Waals surface area (Å²) in [5.74, 6) is 1.68. The molecule has 2 aliphatic rings. The molecule has 2 aromatic carbocycles. The molecule has 0 radical (unpaired) electrons. The number of methoxy groups -OCH3 is 1. The monoisotopic (exact) mass is 353 g/mol. The Morgan fingerprint density at radius 2 is 2.04 bits per heavy atom. The number of ketones is 1. The van der Waals surface area contributed by atoms with E-state index in [1.165, 1.54) is 0 Å². The van der Waals surface area contributed by atoms with Crippen LogP contribution in [0.5, 0.6) is 11.5 Å². The lowest BCUT2D eigenvalue weighted by Crippen LogP contribution is -2.36. The van der Waals surface area contributed by atoms with Gasteiger partial charge in [-0.15, -0.1) is 11.8 Å². The molecule has 0 bridgehead atoms. The zero-order chi connectivity index (χ0) is 17.4. The summed E-state index contributed by atoms with van der Waals surface area (Å²) in [6, 6.07) is 13.4. The molecule has 5 heteroatoms. The highest BCUT2D eigenvalue weighted by Gasteiger charge is 2.33. The molecule has 0 unspecified atom stereocenters. The lowest BCUT2D eigenvalue weighted by molar-refractivity contribution is 0.103. The number of allylic oxidation sites excluding steroid dienone is 1. The van der Waals surface area contributed by atoms with Crippen molar-refractivity contribution in [2.45, 2.75) is 6.42 Å². The largest absolute Gasteiger partial charge is 0.497 e. The summed E-state index contributed by atoms with van der Waals surface area (Å²) in [6.45, 7) is 1.34. The van der Waals surface area contributed by atoms with Gasteiger partial charge in [-0.3, -0.25) is 4.79 Å². The predicted octanol–water partition coefficient (Wildman–Crippen LogP) is 3.91. The molecule has 25 heavy (non-hydrogen) atoms. The number of thioether (sulfide) groups is 1. The quantitative estimate of drug-likeness (QED) is 0.779. The van der Waals surface area contributed by atoms with Gasteiger partial charge in [-0.2, -0.15) is 0 Å². The van der Waals surface area contributed by atoms with E-state index < -0.39 is 0 Å². The lowest BCUT2D eigenvalue weighted by atomic mass is 9.92. The minimum Gasteiger partial charge on any atom is -0.497 e. The van der Waals surface area contributed by atoms with Crippen molar-refractivity contribution in [3.63, 3.8) is 0 Å². The van der Waals surface area contributed by atoms with Gasteiger partial charge in [0.15, 0.2) is 5.78 Å². The summed E-state index contributed by atoms with van der Waals surface area (Å²) in [7, 11) is 1.65. The van der Waals surface area contributed by atoms with Gasteiger partial charge in [0.25, 0.3) is 0 Å². The Morgan fingerprint density at radius 3 is 2.76 bits per heavy atom. The van der Waals surface area contributed by atoms with Crippen molar-refractivity contribution in [3.8, 4) is 11.5 Å². The molecular weight excluding hydrogens is 334 g/mol. The molecule has 2 aliphatic heterocycles. The van der Waals surface area contributed by atoms with Gasteiger partial charge in [0.05, 0.1) is 24.4 Å². The molecule has 0 amide bonds. The van der Waals surface area contributed by atoms with Gasteiger partial charge in [0, 0.05) is 23.6 Å². The number of hydrogen-bond acceptors (Lipinski definition) is 5. The van der Waals surface area contributed by atoms with Crippen LogP contribution in [0, 0.1) is 0 Å². The zero-order valence-corrected chi connectivity index (χ0v) is 15.1. The number of ether oxygens (including phenoxy) is 2. The zero-order valence-electron chi connectivity index (χ0n) is 14.2. The molecule has 0 fully saturated rings. The van der Waals surface area contributed by atoms with E-state index in [0.717, 1.165) is 45.5 Å². The maximum absolute atomic E-state index is 13.1. The van der Waals surface area contributed by atoms with Crippen LogP contribution in [0.15, 0.2) is 53.1 Å². The summed E-state index contributed by atoms with van der Waals surface area (Å²) in [4.78, 5) is 15.4. The molecular formula is C20H19NO3S. The van der Waals surface area contributed by atoms with Crippen LogP contribution >= 0.6 is 11.8 Å². The number of hydrogen-bond donors (Lipinski definition) is 0. The summed E-state index contributed by atoms with van der Waals surface area (Å²) < 4.78 is 11.3. The molecule has 4 rings (SSSR count). The van der Waals surface area contributed by atoms with Gasteiger partial charge in [-0.1, -0.05) is 30.3 Å². The van der Waals surface area contributed by atoms with Gasteiger partial charge in [-0.05, 0) is 17.9 Å². The van der Waals surface area contributed by atoms with Crippen molar-refractivity contribution in [1.29, 1.82) is 0 Å². The molecule has 0 saturated carbocycles. The number of carbonyl (C=O) groups is 1. The van der Waals surface area contributed by atoms with Crippen LogP contribution in [0.1, 0.15) is 15.9 Å². The van der Waals surface area contributed by atoms with Gasteiger partial charge in [-0.25, -0.2) is 0 Å². The van der Waals surface area contributed by atoms with E-state index >= 15 is 0 Å². The van der Waals surface area contributed by atoms with E-state index in [4.69, 9.17) is 9.47 Å². The topological polar surface area (TPSA) is 38.8 Å². The second-order valence-corrected chi connectivity index (χ2v) is 6.79. The first-order chi connectivity index (χ1) is 12.2. The highest BCUT2D eigenvalue weighted by Crippen LogP contribution is 2.47. The standard InChI is InChI=1S/C20H19NO3S/c1-23-15-10-14-11-16(19(22)13-6-4-3-5-7-13)20(25-2)21-8-9-24-17(12-15)18(14)21/h3-7,10,12H,8-9,11H2,1-2H3. The van der Waals surface area contributed by atoms with E-state index in [0.29, 0.717) is 13.0 Å². The van der Waals surface area contributed by atoms with Crippen molar-refractivity contribution in [2.75, 3.05) is 31.4 Å². The van der Waals surface area contributed by atoms with Crippen LogP contribution in [-0.4, -0.2) is 32.3 Å². The van der Waals surface area contributed by atoms with E-state index in [9.17, 15) is 4.79 Å². The fourth-order valence-electron chi connectivity index (χ4n) is 3.47. The maximum atomic E-state index is 13.1. The second kappa shape index (κ2) is 6.48. The van der Waals surface area contributed by atoms with Gasteiger partial charge in [0.1, 0.15) is 18.1 Å². The number of benzene rings is 2. The molecule has 0 aliphatic carbocycles. The Labute approximate surface area is 151 Å². The van der Waals surface area contributed by atoms with Crippen molar-refractivity contribution in [1.82, 2.24) is 0 Å². The Kier molecular flexibility index (Phi) is 4.17. The van der Waals surface area contributed by atoms with Crippen LogP contribution in [0.4, 0.5) is 5.69 Å². The number of nitrogens with zero attached hydrogens (tertiary/aromatic N) is 1. The van der Waals surface area contributed by atoms with Gasteiger partial charge >= 0.3 is 0 Å². The fourth-order valence-corrected chi connectivity index (χ4v) is 4.29. The van der Waals surface area contributed by atoms with Crippen LogP contribution in [-0.2, 0) is 6.42 Å². The molecule has 2 aromatic rings. The van der Waals surface area contributed by atoms with Crippen LogP contribution in [0.25, 0.3) is 0 Å². The summed E-state index contributed by atoms with van der Waals surface area (Å²) in [5.41, 5.74) is 3.71. The van der Waals surface area contributed by atoms with E-state index in [1.54, 1.807) is 18.9 Å². The highest BCUT2D eigenvalue weighted by molar-refractivity contribution is 8.02. The third kappa shape index (κ3) is 2.68. The van der Waals surface area contributed by atoms with Crippen LogP contribution < -0.4 is 14.4 Å². The highest BCUT2D eigenvalue weighted by atomic mass is 32.2. The smallest absolute Gasteiger partial charge is 0.191 e. The predicted molar refractivity (Wildman–Crippen MR) is 101 cm³/mol. The van der Waals surface area contributed by atoms with Crippen LogP contribution in [0.2, 0.25) is 0 Å². The minimum absolute atomic E-state index is 0.0893. The summed E-state index contributed by atoms with van der Waals surface area (Å²) >= 11 is 1.62. The Balaban J connectivity index is 1.85. The first-order valence-electron chi connectivity index (χ1n) is 8.21. The molecule has 0 spiro atoms. The Hall–Kier alpha value is -2.40. The first kappa shape index (κ1) is 16.1. The van der Waals surface area contributed by atoms with Gasteiger partial charge < -0.3 is 14.4 Å². The Bertz CT molecular complexity index is 861. The van der Waals surface area contributed by atoms with E-state index in [1.807, 2.05) is 48.7 Å². The molecule has 0 aromatic heterocycles. The average Bonchev–Trinajstić information content (AvgIpc) is 2.67. The fraction of sp³-hybridized carbons (Fsp3) is 0.250. The molecule has 0 N–H and O–H groups in total. The van der Waals surface area contributed by atoms with Crippen molar-refractivity contribution in [3.05, 3.63) is 64.2 Å². The first-order valence-corrected chi connectivity index (χ1v) is 9.43.